The Morgan fingerprint density at radius 2 is 1.07 bits per heavy atom. The fourth-order valence-corrected chi connectivity index (χ4v) is 4.04. The molecule has 0 aliphatic rings. The summed E-state index contributed by atoms with van der Waals surface area (Å²) >= 11 is 0. The summed E-state index contributed by atoms with van der Waals surface area (Å²) in [7, 11) is 0. The molecule has 0 aliphatic heterocycles. The lowest BCUT2D eigenvalue weighted by Crippen LogP contribution is -2.45. The van der Waals surface area contributed by atoms with Crippen LogP contribution >= 0.6 is 0 Å². The van der Waals surface area contributed by atoms with Gasteiger partial charge in [0.25, 0.3) is 0 Å². The lowest BCUT2D eigenvalue weighted by Gasteiger charge is -2.26. The molecule has 0 aromatic heterocycles. The summed E-state index contributed by atoms with van der Waals surface area (Å²) in [6, 6.07) is -0.693. The van der Waals surface area contributed by atoms with Gasteiger partial charge in [0.2, 0.25) is 11.8 Å². The number of ether oxygens (including phenoxy) is 2. The Morgan fingerprint density at radius 3 is 1.51 bits per heavy atom. The molecule has 8 unspecified atom stereocenters. The number of hydrogen-bond donors (Lipinski definition) is 12. The maximum atomic E-state index is 12.1. The summed E-state index contributed by atoms with van der Waals surface area (Å²) in [6.45, 7) is -0.489. The molecular weight excluding hydrogens is 604 g/mol. The van der Waals surface area contributed by atoms with Gasteiger partial charge in [-0.15, -0.1) is 0 Å². The van der Waals surface area contributed by atoms with Crippen molar-refractivity contribution in [3.8, 4) is 0 Å². The van der Waals surface area contributed by atoms with Crippen molar-refractivity contribution in [1.82, 2.24) is 10.6 Å². The van der Waals surface area contributed by atoms with Gasteiger partial charge >= 0.3 is 0 Å². The molecule has 0 fully saturated rings. The standard InChI is InChI=1S/C28H54N2O15/c31-13-10-19(34)23(38)25(40)27(42)44-15-5-2-8-21(36)29-12-4-1-7-18(17-33)30-22(37)9-3-6-16-45-28(43)26(41)24(39)20(35)11-14-32/h17-20,23-28,31-32,34-35,38-43H,1-16H2,(H,29,36)(H,30,37)/t18-,19?,20?,23?,24?,25?,26?,27?,28?/m0/s1. The van der Waals surface area contributed by atoms with E-state index < -0.39 is 68.5 Å². The van der Waals surface area contributed by atoms with Gasteiger partial charge in [-0.2, -0.15) is 0 Å². The second-order valence-corrected chi connectivity index (χ2v) is 10.7. The number of carbonyl (C=O) groups excluding carboxylic acids is 3. The van der Waals surface area contributed by atoms with E-state index in [0.717, 1.165) is 0 Å². The van der Waals surface area contributed by atoms with Crippen LogP contribution in [-0.4, -0.2) is 157 Å². The molecule has 0 radical (unpaired) electrons. The second kappa shape index (κ2) is 26.2. The van der Waals surface area contributed by atoms with Crippen LogP contribution in [0.15, 0.2) is 0 Å². The van der Waals surface area contributed by atoms with E-state index in [1.807, 2.05) is 0 Å². The molecule has 0 saturated heterocycles. The number of amides is 2. The van der Waals surface area contributed by atoms with Crippen LogP contribution in [0.1, 0.15) is 70.6 Å². The van der Waals surface area contributed by atoms with Crippen molar-refractivity contribution in [3.63, 3.8) is 0 Å². The van der Waals surface area contributed by atoms with Gasteiger partial charge in [0.15, 0.2) is 12.6 Å². The monoisotopic (exact) mass is 658 g/mol. The van der Waals surface area contributed by atoms with E-state index in [1.165, 1.54) is 0 Å². The van der Waals surface area contributed by atoms with Crippen LogP contribution in [0.4, 0.5) is 0 Å². The fourth-order valence-electron chi connectivity index (χ4n) is 4.04. The third-order valence-corrected chi connectivity index (χ3v) is 6.87. The molecule has 17 heteroatoms. The van der Waals surface area contributed by atoms with Crippen molar-refractivity contribution >= 4 is 18.1 Å². The van der Waals surface area contributed by atoms with Crippen molar-refractivity contribution in [2.24, 2.45) is 0 Å². The summed E-state index contributed by atoms with van der Waals surface area (Å²) < 4.78 is 10.0. The number of nitrogens with one attached hydrogen (secondary N) is 2. The zero-order valence-electron chi connectivity index (χ0n) is 25.6. The van der Waals surface area contributed by atoms with Gasteiger partial charge in [-0.05, 0) is 57.8 Å². The number of unbranched alkanes of at least 4 members (excludes halogenated alkanes) is 3. The highest BCUT2D eigenvalue weighted by molar-refractivity contribution is 5.79. The fraction of sp³-hybridized carbons (Fsp3) is 0.893. The van der Waals surface area contributed by atoms with E-state index in [1.54, 1.807) is 0 Å². The second-order valence-electron chi connectivity index (χ2n) is 10.7. The smallest absolute Gasteiger partial charge is 0.220 e. The van der Waals surface area contributed by atoms with Gasteiger partial charge in [0.1, 0.15) is 30.7 Å². The van der Waals surface area contributed by atoms with Gasteiger partial charge < -0.3 is 76.0 Å². The lowest BCUT2D eigenvalue weighted by molar-refractivity contribution is -0.203. The minimum atomic E-state index is -1.78. The van der Waals surface area contributed by atoms with Gasteiger partial charge in [0.05, 0.1) is 18.2 Å². The number of aldehydes is 1. The summed E-state index contributed by atoms with van der Waals surface area (Å²) in [4.78, 5) is 35.4. The zero-order valence-corrected chi connectivity index (χ0v) is 25.6. The highest BCUT2D eigenvalue weighted by atomic mass is 16.6. The number of aliphatic hydroxyl groups is 10. The van der Waals surface area contributed by atoms with Crippen molar-refractivity contribution in [2.75, 3.05) is 33.0 Å². The molecule has 9 atom stereocenters. The summed E-state index contributed by atoms with van der Waals surface area (Å²) in [5.41, 5.74) is 0. The maximum absolute atomic E-state index is 12.1. The van der Waals surface area contributed by atoms with E-state index in [9.17, 15) is 55.2 Å². The normalized spacial score (nSPS) is 17.7. The Hall–Kier alpha value is -1.87. The Balaban J connectivity index is 3.95. The van der Waals surface area contributed by atoms with Crippen molar-refractivity contribution in [1.29, 1.82) is 0 Å². The van der Waals surface area contributed by atoms with Crippen LogP contribution in [0.25, 0.3) is 0 Å². The summed E-state index contributed by atoms with van der Waals surface area (Å²) in [5, 5.41) is 100. The van der Waals surface area contributed by atoms with Gasteiger partial charge in [-0.25, -0.2) is 0 Å². The summed E-state index contributed by atoms with van der Waals surface area (Å²) in [5.74, 6) is -0.565. The van der Waals surface area contributed by atoms with Crippen LogP contribution in [0, 0.1) is 0 Å². The third-order valence-electron chi connectivity index (χ3n) is 6.87. The first kappa shape index (κ1) is 43.1. The Kier molecular flexibility index (Phi) is 25.1. The molecule has 12 N–H and O–H groups in total. The molecule has 0 heterocycles. The largest absolute Gasteiger partial charge is 0.396 e. The van der Waals surface area contributed by atoms with Crippen LogP contribution in [0.3, 0.4) is 0 Å². The van der Waals surface area contributed by atoms with Crippen LogP contribution in [0.2, 0.25) is 0 Å². The number of hydrogen-bond acceptors (Lipinski definition) is 15. The van der Waals surface area contributed by atoms with Gasteiger partial charge in [-0.3, -0.25) is 9.59 Å². The zero-order chi connectivity index (χ0) is 34.2. The maximum Gasteiger partial charge on any atom is 0.220 e. The number of rotatable bonds is 29. The topological polar surface area (TPSA) is 296 Å². The minimum Gasteiger partial charge on any atom is -0.396 e. The molecule has 0 bridgehead atoms. The van der Waals surface area contributed by atoms with Gasteiger partial charge in [-0.1, -0.05) is 0 Å². The molecule has 2 amide bonds. The first-order chi connectivity index (χ1) is 21.4. The first-order valence-electron chi connectivity index (χ1n) is 15.3. The quantitative estimate of drug-likeness (QED) is 0.0207. The number of aliphatic hydroxyl groups excluding tert-OH is 10. The third kappa shape index (κ3) is 20.1. The van der Waals surface area contributed by atoms with Crippen LogP contribution < -0.4 is 10.6 Å². The van der Waals surface area contributed by atoms with E-state index in [2.05, 4.69) is 10.6 Å². The van der Waals surface area contributed by atoms with E-state index in [0.29, 0.717) is 57.8 Å². The summed E-state index contributed by atoms with van der Waals surface area (Å²) in [6.07, 6.45) is -9.79. The molecule has 0 aliphatic carbocycles. The lowest BCUT2D eigenvalue weighted by atomic mass is 10.1. The molecule has 0 aromatic carbocycles. The molecule has 0 spiro atoms. The molecular formula is C28H54N2O15. The molecule has 45 heavy (non-hydrogen) atoms. The van der Waals surface area contributed by atoms with Crippen molar-refractivity contribution < 1.29 is 74.9 Å². The molecule has 0 rings (SSSR count). The van der Waals surface area contributed by atoms with Crippen LogP contribution in [-0.2, 0) is 23.9 Å². The van der Waals surface area contributed by atoms with Gasteiger partial charge in [0, 0.05) is 45.8 Å². The Bertz CT molecular complexity index is 780. The van der Waals surface area contributed by atoms with Crippen molar-refractivity contribution in [2.45, 2.75) is 126 Å². The predicted octanol–water partition coefficient (Wildman–Crippen LogP) is -4.10. The highest BCUT2D eigenvalue weighted by Crippen LogP contribution is 2.11. The van der Waals surface area contributed by atoms with E-state index >= 15 is 0 Å². The average Bonchev–Trinajstić information content (AvgIpc) is 3.01. The molecule has 0 aromatic rings. The average molecular weight is 659 g/mol. The highest BCUT2D eigenvalue weighted by Gasteiger charge is 2.31. The molecule has 266 valence electrons. The molecule has 0 saturated carbocycles. The van der Waals surface area contributed by atoms with Crippen molar-refractivity contribution in [3.05, 3.63) is 0 Å². The number of carbonyl (C=O) groups is 3. The molecule has 17 nitrogen and oxygen atoms in total. The van der Waals surface area contributed by atoms with E-state index in [4.69, 9.17) is 19.7 Å². The van der Waals surface area contributed by atoms with E-state index in [-0.39, 0.29) is 50.7 Å². The predicted molar refractivity (Wildman–Crippen MR) is 156 cm³/mol. The SMILES string of the molecule is O=C[C@H](CCCCNC(=O)CCCCOC(O)C(O)C(O)C(O)CCO)NC(=O)CCCCOC(O)C(O)C(O)C(O)CCO. The van der Waals surface area contributed by atoms with Crippen LogP contribution in [0.5, 0.6) is 0 Å². The Labute approximate surface area is 262 Å². The first-order valence-corrected chi connectivity index (χ1v) is 15.3. The Morgan fingerprint density at radius 1 is 0.600 bits per heavy atom. The minimum absolute atomic E-state index is 0.00229.